The maximum Gasteiger partial charge on any atom is 0.274 e. The Morgan fingerprint density at radius 2 is 2.17 bits per heavy atom. The van der Waals surface area contributed by atoms with E-state index in [1.807, 2.05) is 11.0 Å². The molecule has 0 spiro atoms. The van der Waals surface area contributed by atoms with Crippen molar-refractivity contribution in [3.05, 3.63) is 59.7 Å². The van der Waals surface area contributed by atoms with Gasteiger partial charge in [-0.15, -0.1) is 5.10 Å². The van der Waals surface area contributed by atoms with E-state index < -0.39 is 0 Å². The van der Waals surface area contributed by atoms with Crippen molar-refractivity contribution in [2.75, 3.05) is 19.6 Å². The molecule has 6 heteroatoms. The molecule has 2 saturated heterocycles. The lowest BCUT2D eigenvalue weighted by molar-refractivity contribution is 0.0706. The van der Waals surface area contributed by atoms with Crippen LogP contribution in [0.1, 0.15) is 22.1 Å². The molecule has 23 heavy (non-hydrogen) atoms. The third-order valence-electron chi connectivity index (χ3n) is 4.81. The predicted molar refractivity (Wildman–Crippen MR) is 82.1 cm³/mol. The van der Waals surface area contributed by atoms with Crippen LogP contribution in [-0.2, 0) is 0 Å². The minimum atomic E-state index is -0.274. The predicted octanol–water partition coefficient (Wildman–Crippen LogP) is 1.65. The van der Waals surface area contributed by atoms with E-state index in [-0.39, 0.29) is 17.8 Å². The molecule has 4 rings (SSSR count). The van der Waals surface area contributed by atoms with Crippen LogP contribution < -0.4 is 5.32 Å². The molecule has 1 aromatic heterocycles. The molecule has 1 N–H and O–H groups in total. The summed E-state index contributed by atoms with van der Waals surface area (Å²) in [7, 11) is 0. The monoisotopic (exact) mass is 312 g/mol. The van der Waals surface area contributed by atoms with Gasteiger partial charge in [0.15, 0.2) is 5.69 Å². The number of hydrogen-bond donors (Lipinski definition) is 1. The molecule has 2 fully saturated rings. The highest BCUT2D eigenvalue weighted by Crippen LogP contribution is 2.43. The number of nitrogens with one attached hydrogen (secondary N) is 1. The van der Waals surface area contributed by atoms with Gasteiger partial charge in [0.05, 0.1) is 6.04 Å². The zero-order chi connectivity index (χ0) is 15.8. The van der Waals surface area contributed by atoms with Crippen molar-refractivity contribution < 1.29 is 9.18 Å². The van der Waals surface area contributed by atoms with Crippen LogP contribution in [0, 0.1) is 17.7 Å². The van der Waals surface area contributed by atoms with Gasteiger partial charge in [0, 0.05) is 31.7 Å². The van der Waals surface area contributed by atoms with E-state index in [1.165, 1.54) is 12.1 Å². The number of fused-ring (bicyclic) bond motifs is 1. The van der Waals surface area contributed by atoms with Crippen molar-refractivity contribution in [3.63, 3.8) is 0 Å². The minimum Gasteiger partial charge on any atom is -0.330 e. The van der Waals surface area contributed by atoms with Gasteiger partial charge in [0.2, 0.25) is 0 Å². The van der Waals surface area contributed by atoms with Crippen LogP contribution >= 0.6 is 0 Å². The second kappa shape index (κ2) is 5.70. The van der Waals surface area contributed by atoms with Gasteiger partial charge >= 0.3 is 0 Å². The van der Waals surface area contributed by atoms with E-state index in [0.717, 1.165) is 18.7 Å². The summed E-state index contributed by atoms with van der Waals surface area (Å²) >= 11 is 0. The molecule has 1 amide bonds. The smallest absolute Gasteiger partial charge is 0.274 e. The lowest BCUT2D eigenvalue weighted by Crippen LogP contribution is -2.35. The van der Waals surface area contributed by atoms with Crippen molar-refractivity contribution >= 4 is 5.91 Å². The number of nitrogens with zero attached hydrogens (tertiary/aromatic N) is 3. The summed E-state index contributed by atoms with van der Waals surface area (Å²) in [4.78, 5) is 14.7. The lowest BCUT2D eigenvalue weighted by Gasteiger charge is -2.28. The molecule has 2 aliphatic heterocycles. The average Bonchev–Trinajstić information content (AvgIpc) is 3.15. The fraction of sp³-hybridized carbons (Fsp3) is 0.353. The van der Waals surface area contributed by atoms with E-state index in [1.54, 1.807) is 24.4 Å². The molecule has 5 nitrogen and oxygen atoms in total. The molecule has 0 saturated carbocycles. The molecule has 1 aromatic carbocycles. The van der Waals surface area contributed by atoms with Gasteiger partial charge in [-0.25, -0.2) is 4.39 Å². The van der Waals surface area contributed by atoms with Crippen molar-refractivity contribution in [1.29, 1.82) is 0 Å². The molecule has 2 aromatic rings. The zero-order valence-electron chi connectivity index (χ0n) is 12.5. The van der Waals surface area contributed by atoms with Gasteiger partial charge in [-0.3, -0.25) is 4.79 Å². The normalized spacial score (nSPS) is 26.3. The van der Waals surface area contributed by atoms with Crippen molar-refractivity contribution in [2.24, 2.45) is 11.8 Å². The van der Waals surface area contributed by atoms with Crippen LogP contribution in [0.5, 0.6) is 0 Å². The van der Waals surface area contributed by atoms with Crippen LogP contribution in [0.2, 0.25) is 0 Å². The largest absolute Gasteiger partial charge is 0.330 e. The summed E-state index contributed by atoms with van der Waals surface area (Å²) in [5.74, 6) is 0.284. The van der Waals surface area contributed by atoms with Crippen LogP contribution in [0.3, 0.4) is 0 Å². The summed E-state index contributed by atoms with van der Waals surface area (Å²) < 4.78 is 13.7. The Balaban J connectivity index is 1.71. The third-order valence-corrected chi connectivity index (χ3v) is 4.81. The van der Waals surface area contributed by atoms with Gasteiger partial charge in [0.25, 0.3) is 5.91 Å². The summed E-state index contributed by atoms with van der Waals surface area (Å²) in [5.41, 5.74) is 1.18. The Bertz CT molecular complexity index is 724. The molecule has 0 unspecified atom stereocenters. The number of halogens is 1. The first-order valence-electron chi connectivity index (χ1n) is 7.79. The maximum absolute atomic E-state index is 13.7. The molecule has 0 radical (unpaired) electrons. The molecule has 0 aliphatic carbocycles. The fourth-order valence-electron chi connectivity index (χ4n) is 3.81. The Kier molecular flexibility index (Phi) is 3.53. The molecule has 2 aliphatic rings. The highest BCUT2D eigenvalue weighted by Gasteiger charge is 2.47. The Morgan fingerprint density at radius 1 is 1.26 bits per heavy atom. The van der Waals surface area contributed by atoms with Gasteiger partial charge in [-0.05, 0) is 35.7 Å². The molecular weight excluding hydrogens is 295 g/mol. The first-order valence-corrected chi connectivity index (χ1v) is 7.79. The summed E-state index contributed by atoms with van der Waals surface area (Å²) in [6, 6.07) is 9.80. The van der Waals surface area contributed by atoms with Gasteiger partial charge in [-0.1, -0.05) is 12.1 Å². The second-order valence-corrected chi connectivity index (χ2v) is 6.15. The SMILES string of the molecule is O=C(c1cccnn1)N1C[C@@H]2CNC[C@@H]2[C@@H]1c1cccc(F)c1. The standard InChI is InChI=1S/C17H17FN4O/c18-13-4-1-3-11(7-13)16-14-9-19-8-12(14)10-22(16)17(23)15-5-2-6-20-21-15/h1-7,12,14,16,19H,8-10H2/t12-,14-,16-/m0/s1. The highest BCUT2D eigenvalue weighted by atomic mass is 19.1. The van der Waals surface area contributed by atoms with Crippen LogP contribution in [0.4, 0.5) is 4.39 Å². The highest BCUT2D eigenvalue weighted by molar-refractivity contribution is 5.92. The summed E-state index contributed by atoms with van der Waals surface area (Å²) in [5, 5.41) is 11.1. The quantitative estimate of drug-likeness (QED) is 0.916. The molecule has 3 atom stereocenters. The molecule has 3 heterocycles. The maximum atomic E-state index is 13.7. The molecule has 0 bridgehead atoms. The second-order valence-electron chi connectivity index (χ2n) is 6.15. The first-order chi connectivity index (χ1) is 11.2. The van der Waals surface area contributed by atoms with Crippen molar-refractivity contribution in [1.82, 2.24) is 20.4 Å². The number of amides is 1. The first kappa shape index (κ1) is 14.3. The molecular formula is C17H17FN4O. The number of benzene rings is 1. The summed E-state index contributed by atoms with van der Waals surface area (Å²) in [6.07, 6.45) is 1.55. The van der Waals surface area contributed by atoms with E-state index >= 15 is 0 Å². The number of likely N-dealkylation sites (tertiary alicyclic amines) is 1. The van der Waals surface area contributed by atoms with Gasteiger partial charge < -0.3 is 10.2 Å². The third kappa shape index (κ3) is 2.49. The number of hydrogen-bond acceptors (Lipinski definition) is 4. The van der Waals surface area contributed by atoms with Gasteiger partial charge in [0.1, 0.15) is 5.82 Å². The van der Waals surface area contributed by atoms with E-state index in [0.29, 0.717) is 24.1 Å². The Labute approximate surface area is 133 Å². The number of carbonyl (C=O) groups excluding carboxylic acids is 1. The lowest BCUT2D eigenvalue weighted by atomic mass is 9.89. The van der Waals surface area contributed by atoms with E-state index in [4.69, 9.17) is 0 Å². The number of rotatable bonds is 2. The molecule has 118 valence electrons. The average molecular weight is 312 g/mol. The van der Waals surface area contributed by atoms with E-state index in [9.17, 15) is 9.18 Å². The number of aromatic nitrogens is 2. The zero-order valence-corrected chi connectivity index (χ0v) is 12.5. The number of carbonyl (C=O) groups is 1. The summed E-state index contributed by atoms with van der Waals surface area (Å²) in [6.45, 7) is 2.39. The van der Waals surface area contributed by atoms with E-state index in [2.05, 4.69) is 15.5 Å². The van der Waals surface area contributed by atoms with Crippen molar-refractivity contribution in [2.45, 2.75) is 6.04 Å². The van der Waals surface area contributed by atoms with Gasteiger partial charge in [-0.2, -0.15) is 5.10 Å². The Hall–Kier alpha value is -2.34. The van der Waals surface area contributed by atoms with Crippen LogP contribution in [0.15, 0.2) is 42.6 Å². The minimum absolute atomic E-state index is 0.125. The van der Waals surface area contributed by atoms with Crippen LogP contribution in [-0.4, -0.2) is 40.6 Å². The fourth-order valence-corrected chi connectivity index (χ4v) is 3.81. The van der Waals surface area contributed by atoms with Crippen LogP contribution in [0.25, 0.3) is 0 Å². The van der Waals surface area contributed by atoms with Crippen molar-refractivity contribution in [3.8, 4) is 0 Å². The Morgan fingerprint density at radius 3 is 2.96 bits per heavy atom. The topological polar surface area (TPSA) is 58.1 Å².